The van der Waals surface area contributed by atoms with Crippen LogP contribution in [0.1, 0.15) is 6.92 Å². The van der Waals surface area contributed by atoms with Gasteiger partial charge in [-0.15, -0.1) is 0 Å². The molecule has 0 saturated heterocycles. The number of benzene rings is 1. The summed E-state index contributed by atoms with van der Waals surface area (Å²) in [4.78, 5) is 19.4. The highest BCUT2D eigenvalue weighted by atomic mass is 19.1. The summed E-state index contributed by atoms with van der Waals surface area (Å²) in [5.74, 6) is -1.57. The van der Waals surface area contributed by atoms with E-state index in [1.807, 2.05) is 0 Å². The fourth-order valence-corrected chi connectivity index (χ4v) is 1.50. The van der Waals surface area contributed by atoms with E-state index >= 15 is 0 Å². The van der Waals surface area contributed by atoms with Crippen molar-refractivity contribution in [3.05, 3.63) is 42.2 Å². The van der Waals surface area contributed by atoms with Crippen LogP contribution in [0.5, 0.6) is 6.01 Å². The Morgan fingerprint density at radius 3 is 2.24 bits per heavy atom. The molecule has 0 radical (unpaired) electrons. The molecule has 1 heterocycles. The van der Waals surface area contributed by atoms with Gasteiger partial charge in [-0.1, -0.05) is 0 Å². The van der Waals surface area contributed by atoms with Crippen LogP contribution in [0.3, 0.4) is 0 Å². The Morgan fingerprint density at radius 2 is 1.67 bits per heavy atom. The van der Waals surface area contributed by atoms with Gasteiger partial charge in [0.05, 0.1) is 24.7 Å². The van der Waals surface area contributed by atoms with Crippen LogP contribution in [0.15, 0.2) is 30.6 Å². The van der Waals surface area contributed by atoms with E-state index in [1.165, 1.54) is 12.4 Å². The quantitative estimate of drug-likeness (QED) is 0.909. The maximum atomic E-state index is 13.0. The predicted molar refractivity (Wildman–Crippen MR) is 72.2 cm³/mol. The lowest BCUT2D eigenvalue weighted by atomic mass is 10.3. The maximum absolute atomic E-state index is 13.0. The van der Waals surface area contributed by atoms with E-state index in [-0.39, 0.29) is 11.7 Å². The zero-order valence-corrected chi connectivity index (χ0v) is 11.1. The number of ether oxygens (including phenoxy) is 1. The number of hydrogen-bond donors (Lipinski definition) is 2. The molecule has 0 aliphatic carbocycles. The Morgan fingerprint density at radius 1 is 1.10 bits per heavy atom. The summed E-state index contributed by atoms with van der Waals surface area (Å²) in [5, 5.41) is 4.72. The van der Waals surface area contributed by atoms with E-state index in [4.69, 9.17) is 4.74 Å². The molecular formula is C13H12F2N4O2. The van der Waals surface area contributed by atoms with Gasteiger partial charge in [-0.25, -0.2) is 23.5 Å². The summed E-state index contributed by atoms with van der Waals surface area (Å²) < 4.78 is 31.0. The van der Waals surface area contributed by atoms with Crippen LogP contribution < -0.4 is 15.4 Å². The molecule has 21 heavy (non-hydrogen) atoms. The molecular weight excluding hydrogens is 282 g/mol. The fraction of sp³-hybridized carbons (Fsp3) is 0.154. The van der Waals surface area contributed by atoms with E-state index in [0.29, 0.717) is 18.4 Å². The average molecular weight is 294 g/mol. The molecule has 0 bridgehead atoms. The number of carbonyl (C=O) groups is 1. The van der Waals surface area contributed by atoms with Crippen LogP contribution in [0.25, 0.3) is 0 Å². The third-order valence-electron chi connectivity index (χ3n) is 2.28. The van der Waals surface area contributed by atoms with Gasteiger partial charge in [0, 0.05) is 11.8 Å². The number of urea groups is 1. The number of hydrogen-bond acceptors (Lipinski definition) is 4. The first-order valence-corrected chi connectivity index (χ1v) is 6.06. The van der Waals surface area contributed by atoms with Gasteiger partial charge in [0.25, 0.3) is 0 Å². The monoisotopic (exact) mass is 294 g/mol. The number of carbonyl (C=O) groups excluding carboxylic acids is 1. The van der Waals surface area contributed by atoms with Crippen LogP contribution in [-0.4, -0.2) is 22.6 Å². The Balaban J connectivity index is 1.97. The molecule has 2 rings (SSSR count). The van der Waals surface area contributed by atoms with Gasteiger partial charge in [0.2, 0.25) is 0 Å². The van der Waals surface area contributed by atoms with Crippen LogP contribution >= 0.6 is 0 Å². The minimum absolute atomic E-state index is 0.00291. The number of nitrogens with one attached hydrogen (secondary N) is 2. The molecule has 0 aliphatic heterocycles. The summed E-state index contributed by atoms with van der Waals surface area (Å²) in [5.41, 5.74) is 0.310. The standard InChI is InChI=1S/C13H12F2N4O2/c1-2-21-13-16-6-11(7-17-13)19-12(20)18-10-4-8(14)3-9(15)5-10/h3-7H,2H2,1H3,(H2,18,19,20). The van der Waals surface area contributed by atoms with Crippen molar-refractivity contribution < 1.29 is 18.3 Å². The minimum Gasteiger partial charge on any atom is -0.464 e. The first-order valence-electron chi connectivity index (χ1n) is 6.06. The van der Waals surface area contributed by atoms with E-state index in [0.717, 1.165) is 12.1 Å². The molecule has 0 fully saturated rings. The summed E-state index contributed by atoms with van der Waals surface area (Å²) in [6, 6.07) is 2.22. The molecule has 8 heteroatoms. The van der Waals surface area contributed by atoms with Crippen molar-refractivity contribution in [2.75, 3.05) is 17.2 Å². The van der Waals surface area contributed by atoms with Gasteiger partial charge in [-0.2, -0.15) is 0 Å². The third-order valence-corrected chi connectivity index (χ3v) is 2.28. The molecule has 6 nitrogen and oxygen atoms in total. The summed E-state index contributed by atoms with van der Waals surface area (Å²) in [6.07, 6.45) is 2.70. The van der Waals surface area contributed by atoms with Crippen molar-refractivity contribution >= 4 is 17.4 Å². The summed E-state index contributed by atoms with van der Waals surface area (Å²) in [6.45, 7) is 2.22. The smallest absolute Gasteiger partial charge is 0.323 e. The zero-order valence-electron chi connectivity index (χ0n) is 11.1. The molecule has 2 N–H and O–H groups in total. The molecule has 1 aromatic carbocycles. The lowest BCUT2D eigenvalue weighted by Gasteiger charge is -2.08. The molecule has 2 aromatic rings. The molecule has 1 aromatic heterocycles. The van der Waals surface area contributed by atoms with Gasteiger partial charge in [-0.3, -0.25) is 0 Å². The average Bonchev–Trinajstić information content (AvgIpc) is 2.40. The lowest BCUT2D eigenvalue weighted by molar-refractivity contribution is 0.262. The van der Waals surface area contributed by atoms with Gasteiger partial charge in [0.1, 0.15) is 11.6 Å². The number of halogens is 2. The van der Waals surface area contributed by atoms with Crippen LogP contribution in [0.4, 0.5) is 25.0 Å². The highest BCUT2D eigenvalue weighted by molar-refractivity contribution is 5.99. The largest absolute Gasteiger partial charge is 0.464 e. The first-order chi connectivity index (χ1) is 10.1. The normalized spacial score (nSPS) is 10.0. The first kappa shape index (κ1) is 14.6. The van der Waals surface area contributed by atoms with Crippen LogP contribution in [0, 0.1) is 11.6 Å². The SMILES string of the molecule is CCOc1ncc(NC(=O)Nc2cc(F)cc(F)c2)cn1. The zero-order chi connectivity index (χ0) is 15.2. The summed E-state index contributed by atoms with van der Waals surface area (Å²) >= 11 is 0. The van der Waals surface area contributed by atoms with Crippen molar-refractivity contribution in [1.82, 2.24) is 9.97 Å². The summed E-state index contributed by atoms with van der Waals surface area (Å²) in [7, 11) is 0. The number of nitrogens with zero attached hydrogens (tertiary/aromatic N) is 2. The van der Waals surface area contributed by atoms with Crippen molar-refractivity contribution in [1.29, 1.82) is 0 Å². The van der Waals surface area contributed by atoms with E-state index in [1.54, 1.807) is 6.92 Å². The Kier molecular flexibility index (Phi) is 4.60. The number of aromatic nitrogens is 2. The Hall–Kier alpha value is -2.77. The minimum atomic E-state index is -0.783. The molecule has 0 saturated carbocycles. The number of rotatable bonds is 4. The van der Waals surface area contributed by atoms with Gasteiger partial charge >= 0.3 is 12.0 Å². The molecule has 0 atom stereocenters. The second kappa shape index (κ2) is 6.60. The molecule has 2 amide bonds. The Labute approximate surface area is 119 Å². The van der Waals surface area contributed by atoms with Gasteiger partial charge in [-0.05, 0) is 19.1 Å². The van der Waals surface area contributed by atoms with Gasteiger partial charge in [0.15, 0.2) is 0 Å². The van der Waals surface area contributed by atoms with Crippen molar-refractivity contribution in [3.63, 3.8) is 0 Å². The maximum Gasteiger partial charge on any atom is 0.323 e. The van der Waals surface area contributed by atoms with E-state index in [2.05, 4.69) is 20.6 Å². The van der Waals surface area contributed by atoms with Crippen LogP contribution in [-0.2, 0) is 0 Å². The van der Waals surface area contributed by atoms with Gasteiger partial charge < -0.3 is 15.4 Å². The second-order valence-electron chi connectivity index (χ2n) is 3.92. The highest BCUT2D eigenvalue weighted by Crippen LogP contribution is 2.13. The van der Waals surface area contributed by atoms with Crippen LogP contribution in [0.2, 0.25) is 0 Å². The number of anilines is 2. The molecule has 0 unspecified atom stereocenters. The fourth-order valence-electron chi connectivity index (χ4n) is 1.50. The topological polar surface area (TPSA) is 76.1 Å². The second-order valence-corrected chi connectivity index (χ2v) is 3.92. The van der Waals surface area contributed by atoms with Crippen molar-refractivity contribution in [3.8, 4) is 6.01 Å². The highest BCUT2D eigenvalue weighted by Gasteiger charge is 2.06. The van der Waals surface area contributed by atoms with Crippen molar-refractivity contribution in [2.24, 2.45) is 0 Å². The lowest BCUT2D eigenvalue weighted by Crippen LogP contribution is -2.19. The molecule has 0 spiro atoms. The predicted octanol–water partition coefficient (Wildman–Crippen LogP) is 2.80. The Bertz CT molecular complexity index is 614. The van der Waals surface area contributed by atoms with E-state index in [9.17, 15) is 13.6 Å². The van der Waals surface area contributed by atoms with E-state index < -0.39 is 17.7 Å². The molecule has 110 valence electrons. The molecule has 0 aliphatic rings. The third kappa shape index (κ3) is 4.37. The number of amides is 2. The van der Waals surface area contributed by atoms with Crippen molar-refractivity contribution in [2.45, 2.75) is 6.92 Å².